The van der Waals surface area contributed by atoms with E-state index in [4.69, 9.17) is 0 Å². The molecule has 1 atom stereocenters. The van der Waals surface area contributed by atoms with E-state index in [-0.39, 0.29) is 23.1 Å². The Morgan fingerprint density at radius 2 is 1.83 bits per heavy atom. The van der Waals surface area contributed by atoms with Crippen LogP contribution in [0.25, 0.3) is 0 Å². The van der Waals surface area contributed by atoms with Gasteiger partial charge in [0.1, 0.15) is 11.1 Å². The third-order valence-electron chi connectivity index (χ3n) is 5.75. The summed E-state index contributed by atoms with van der Waals surface area (Å²) in [5.74, 6) is -0.675. The SMILES string of the molecule is CCC(C)n1cc(C(=O)NCCc2cccs2)c(=O)c(C(=O)N2CCCCCC2)c1. The van der Waals surface area contributed by atoms with E-state index in [1.54, 1.807) is 28.6 Å². The molecular formula is C23H31N3O3S. The monoisotopic (exact) mass is 429 g/mol. The molecule has 1 saturated heterocycles. The van der Waals surface area contributed by atoms with Crippen molar-refractivity contribution in [2.45, 2.75) is 58.4 Å². The summed E-state index contributed by atoms with van der Waals surface area (Å²) in [6.07, 6.45) is 8.89. The van der Waals surface area contributed by atoms with Crippen molar-refractivity contribution < 1.29 is 9.59 Å². The molecule has 30 heavy (non-hydrogen) atoms. The number of pyridine rings is 1. The summed E-state index contributed by atoms with van der Waals surface area (Å²) >= 11 is 1.64. The zero-order valence-corrected chi connectivity index (χ0v) is 18.7. The number of thiophene rings is 1. The molecule has 1 fully saturated rings. The third kappa shape index (κ3) is 5.39. The first-order valence-electron chi connectivity index (χ1n) is 10.9. The van der Waals surface area contributed by atoms with Gasteiger partial charge in [-0.15, -0.1) is 11.3 Å². The van der Waals surface area contributed by atoms with E-state index >= 15 is 0 Å². The minimum Gasteiger partial charge on any atom is -0.352 e. The number of nitrogens with one attached hydrogen (secondary N) is 1. The van der Waals surface area contributed by atoms with Gasteiger partial charge in [-0.3, -0.25) is 14.4 Å². The fourth-order valence-electron chi connectivity index (χ4n) is 3.67. The molecule has 2 aromatic rings. The van der Waals surface area contributed by atoms with E-state index in [0.29, 0.717) is 19.6 Å². The highest BCUT2D eigenvalue weighted by molar-refractivity contribution is 7.09. The first kappa shape index (κ1) is 22.3. The van der Waals surface area contributed by atoms with Gasteiger partial charge < -0.3 is 14.8 Å². The highest BCUT2D eigenvalue weighted by Crippen LogP contribution is 2.15. The Kier molecular flexibility index (Phi) is 7.85. The van der Waals surface area contributed by atoms with Crippen molar-refractivity contribution >= 4 is 23.2 Å². The Morgan fingerprint density at radius 1 is 1.13 bits per heavy atom. The normalized spacial score (nSPS) is 15.5. The van der Waals surface area contributed by atoms with Crippen LogP contribution in [0.15, 0.2) is 34.7 Å². The standard InChI is InChI=1S/C23H31N3O3S/c1-3-17(2)26-15-19(22(28)24-11-10-18-9-8-14-30-18)21(27)20(16-26)23(29)25-12-6-4-5-7-13-25/h8-9,14-17H,3-7,10-13H2,1-2H3,(H,24,28). The predicted molar refractivity (Wildman–Crippen MR) is 120 cm³/mol. The molecule has 0 saturated carbocycles. The van der Waals surface area contributed by atoms with E-state index in [0.717, 1.165) is 38.5 Å². The Labute approximate surface area is 181 Å². The minimum absolute atomic E-state index is 0.0437. The lowest BCUT2D eigenvalue weighted by Crippen LogP contribution is -2.38. The van der Waals surface area contributed by atoms with Crippen LogP contribution in [0, 0.1) is 0 Å². The first-order chi connectivity index (χ1) is 14.5. The number of aromatic nitrogens is 1. The molecule has 7 heteroatoms. The van der Waals surface area contributed by atoms with Gasteiger partial charge in [0.15, 0.2) is 0 Å². The van der Waals surface area contributed by atoms with Crippen LogP contribution in [-0.2, 0) is 6.42 Å². The maximum Gasteiger partial charge on any atom is 0.259 e. The molecule has 1 aliphatic rings. The van der Waals surface area contributed by atoms with Gasteiger partial charge in [0.2, 0.25) is 5.43 Å². The number of carbonyl (C=O) groups excluding carboxylic acids is 2. The zero-order valence-electron chi connectivity index (χ0n) is 17.9. The summed E-state index contributed by atoms with van der Waals surface area (Å²) in [6, 6.07) is 4.08. The van der Waals surface area contributed by atoms with E-state index in [1.165, 1.54) is 4.88 Å². The molecule has 0 aliphatic carbocycles. The molecule has 1 unspecified atom stereocenters. The van der Waals surface area contributed by atoms with Gasteiger partial charge in [0.25, 0.3) is 11.8 Å². The number of rotatable bonds is 7. The van der Waals surface area contributed by atoms with Crippen molar-refractivity contribution in [1.29, 1.82) is 0 Å². The molecule has 6 nitrogen and oxygen atoms in total. The average Bonchev–Trinajstić information content (AvgIpc) is 3.12. The zero-order chi connectivity index (χ0) is 21.5. The molecule has 1 N–H and O–H groups in total. The van der Waals surface area contributed by atoms with Crippen LogP contribution >= 0.6 is 11.3 Å². The number of amides is 2. The Bertz CT molecular complexity index is 912. The largest absolute Gasteiger partial charge is 0.352 e. The Morgan fingerprint density at radius 3 is 2.47 bits per heavy atom. The quantitative estimate of drug-likeness (QED) is 0.726. The van der Waals surface area contributed by atoms with E-state index in [9.17, 15) is 14.4 Å². The molecule has 3 rings (SSSR count). The molecule has 2 amide bonds. The summed E-state index contributed by atoms with van der Waals surface area (Å²) in [5, 5.41) is 4.85. The summed E-state index contributed by atoms with van der Waals surface area (Å²) in [5.41, 5.74) is -0.331. The number of hydrogen-bond donors (Lipinski definition) is 1. The molecule has 1 aliphatic heterocycles. The summed E-state index contributed by atoms with van der Waals surface area (Å²) in [6.45, 7) is 5.84. The van der Waals surface area contributed by atoms with Gasteiger partial charge in [-0.25, -0.2) is 0 Å². The highest BCUT2D eigenvalue weighted by Gasteiger charge is 2.24. The highest BCUT2D eigenvalue weighted by atomic mass is 32.1. The van der Waals surface area contributed by atoms with Gasteiger partial charge in [0.05, 0.1) is 0 Å². The smallest absolute Gasteiger partial charge is 0.259 e. The van der Waals surface area contributed by atoms with Gasteiger partial charge in [0, 0.05) is 42.9 Å². The second kappa shape index (κ2) is 10.6. The van der Waals surface area contributed by atoms with Crippen molar-refractivity contribution in [3.63, 3.8) is 0 Å². The van der Waals surface area contributed by atoms with Gasteiger partial charge in [-0.1, -0.05) is 25.8 Å². The lowest BCUT2D eigenvalue weighted by atomic mass is 10.1. The molecule has 0 aromatic carbocycles. The van der Waals surface area contributed by atoms with Crippen LogP contribution in [0.5, 0.6) is 0 Å². The van der Waals surface area contributed by atoms with Crippen LogP contribution in [-0.4, -0.2) is 40.9 Å². The second-order valence-electron chi connectivity index (χ2n) is 7.91. The van der Waals surface area contributed by atoms with Crippen LogP contribution in [0.4, 0.5) is 0 Å². The van der Waals surface area contributed by atoms with Crippen molar-refractivity contribution in [3.8, 4) is 0 Å². The van der Waals surface area contributed by atoms with Crippen molar-refractivity contribution in [2.24, 2.45) is 0 Å². The van der Waals surface area contributed by atoms with E-state index in [1.807, 2.05) is 35.9 Å². The van der Waals surface area contributed by atoms with Crippen molar-refractivity contribution in [2.75, 3.05) is 19.6 Å². The average molecular weight is 430 g/mol. The van der Waals surface area contributed by atoms with Crippen molar-refractivity contribution in [1.82, 2.24) is 14.8 Å². The first-order valence-corrected chi connectivity index (χ1v) is 11.7. The molecule has 2 aromatic heterocycles. The third-order valence-corrected chi connectivity index (χ3v) is 6.69. The van der Waals surface area contributed by atoms with E-state index in [2.05, 4.69) is 5.32 Å². The Balaban J connectivity index is 1.85. The van der Waals surface area contributed by atoms with Gasteiger partial charge in [-0.05, 0) is 44.1 Å². The lowest BCUT2D eigenvalue weighted by Gasteiger charge is -2.22. The lowest BCUT2D eigenvalue weighted by molar-refractivity contribution is 0.0759. The summed E-state index contributed by atoms with van der Waals surface area (Å²) in [7, 11) is 0. The van der Waals surface area contributed by atoms with Crippen LogP contribution in [0.3, 0.4) is 0 Å². The molecule has 0 spiro atoms. The number of hydrogen-bond acceptors (Lipinski definition) is 4. The van der Waals surface area contributed by atoms with E-state index < -0.39 is 11.3 Å². The minimum atomic E-state index is -0.475. The molecule has 162 valence electrons. The molecular weight excluding hydrogens is 398 g/mol. The molecule has 0 bridgehead atoms. The predicted octanol–water partition coefficient (Wildman–Crippen LogP) is 3.87. The maximum absolute atomic E-state index is 13.2. The summed E-state index contributed by atoms with van der Waals surface area (Å²) in [4.78, 5) is 42.0. The maximum atomic E-state index is 13.2. The fourth-order valence-corrected chi connectivity index (χ4v) is 4.38. The van der Waals surface area contributed by atoms with Crippen LogP contribution in [0.2, 0.25) is 0 Å². The number of carbonyl (C=O) groups is 2. The fraction of sp³-hybridized carbons (Fsp3) is 0.522. The second-order valence-corrected chi connectivity index (χ2v) is 8.94. The van der Waals surface area contributed by atoms with Crippen LogP contribution < -0.4 is 10.7 Å². The topological polar surface area (TPSA) is 71.4 Å². The molecule has 0 radical (unpaired) electrons. The van der Waals surface area contributed by atoms with Crippen molar-refractivity contribution in [3.05, 3.63) is 56.1 Å². The Hall–Kier alpha value is -2.41. The van der Waals surface area contributed by atoms with Crippen LogP contribution in [0.1, 0.15) is 77.6 Å². The molecule has 3 heterocycles. The summed E-state index contributed by atoms with van der Waals surface area (Å²) < 4.78 is 1.83. The number of likely N-dealkylation sites (tertiary alicyclic amines) is 1. The van der Waals surface area contributed by atoms with Gasteiger partial charge >= 0.3 is 0 Å². The number of nitrogens with zero attached hydrogens (tertiary/aromatic N) is 2. The van der Waals surface area contributed by atoms with Gasteiger partial charge in [-0.2, -0.15) is 0 Å².